The first-order valence-corrected chi connectivity index (χ1v) is 8.07. The zero-order valence-electron chi connectivity index (χ0n) is 9.31. The Morgan fingerprint density at radius 1 is 1.65 bits per heavy atom. The molecule has 0 aromatic carbocycles. The molecule has 0 aliphatic heterocycles. The van der Waals surface area contributed by atoms with Gasteiger partial charge in [0.15, 0.2) is 9.84 Å². The smallest absolute Gasteiger partial charge is 0.314 e. The van der Waals surface area contributed by atoms with Crippen LogP contribution in [0.15, 0.2) is 23.1 Å². The summed E-state index contributed by atoms with van der Waals surface area (Å²) in [7, 11) is -2.08. The number of rotatable bonds is 3. The van der Waals surface area contributed by atoms with Crippen molar-refractivity contribution in [2.75, 3.05) is 18.7 Å². The number of halogens is 2. The first-order valence-electron chi connectivity index (χ1n) is 4.68. The average Bonchev–Trinajstić information content (AvgIpc) is 2.26. The molecule has 1 rings (SSSR count). The number of methoxy groups -OCH3 is 1. The van der Waals surface area contributed by atoms with Crippen LogP contribution in [0.3, 0.4) is 0 Å². The zero-order valence-corrected chi connectivity index (χ0v) is 12.5. The van der Waals surface area contributed by atoms with Crippen LogP contribution in [0.2, 0.25) is 0 Å². The molecule has 0 fully saturated rings. The lowest BCUT2D eigenvalue weighted by Crippen LogP contribution is -2.39. The Morgan fingerprint density at radius 2 is 2.24 bits per heavy atom. The first kappa shape index (κ1) is 14.7. The van der Waals surface area contributed by atoms with Crippen LogP contribution < -0.4 is 0 Å². The molecule has 0 bridgehead atoms. The summed E-state index contributed by atoms with van der Waals surface area (Å²) in [4.78, 5) is 10.5. The van der Waals surface area contributed by atoms with Crippen molar-refractivity contribution in [3.05, 3.63) is 23.1 Å². The highest BCUT2D eigenvalue weighted by Crippen LogP contribution is 2.37. The Bertz CT molecular complexity index is 483. The van der Waals surface area contributed by atoms with Gasteiger partial charge in [0.2, 0.25) is 0 Å². The van der Waals surface area contributed by atoms with E-state index in [1.165, 1.54) is 25.3 Å². The standard InChI is InChI=1S/C10H12BrClO4S/c1-16-9(13)8-4-3-7(17(2,14)15)5-10(8,12)6-11/h3-5,8H,6H2,1-2H3. The first-order chi connectivity index (χ1) is 7.74. The highest BCUT2D eigenvalue weighted by Gasteiger charge is 2.41. The molecule has 0 aromatic rings. The van der Waals surface area contributed by atoms with Crippen LogP contribution in [-0.4, -0.2) is 38.0 Å². The molecular formula is C10H12BrClO4S. The molecule has 2 unspecified atom stereocenters. The molecule has 1 aliphatic rings. The second-order valence-corrected chi connectivity index (χ2v) is 7.02. The minimum atomic E-state index is -3.35. The van der Waals surface area contributed by atoms with Crippen LogP contribution in [0.4, 0.5) is 0 Å². The van der Waals surface area contributed by atoms with Crippen molar-refractivity contribution < 1.29 is 17.9 Å². The maximum absolute atomic E-state index is 11.5. The van der Waals surface area contributed by atoms with E-state index in [0.717, 1.165) is 6.26 Å². The van der Waals surface area contributed by atoms with Crippen LogP contribution in [0.25, 0.3) is 0 Å². The third-order valence-electron chi connectivity index (χ3n) is 2.44. The lowest BCUT2D eigenvalue weighted by Gasteiger charge is -2.30. The number of hydrogen-bond donors (Lipinski definition) is 0. The third-order valence-corrected chi connectivity index (χ3v) is 5.28. The van der Waals surface area contributed by atoms with E-state index in [0.29, 0.717) is 0 Å². The largest absolute Gasteiger partial charge is 0.469 e. The van der Waals surface area contributed by atoms with Crippen molar-refractivity contribution in [3.8, 4) is 0 Å². The molecule has 0 heterocycles. The fraction of sp³-hybridized carbons (Fsp3) is 0.500. The van der Waals surface area contributed by atoms with Gasteiger partial charge in [-0.05, 0) is 12.2 Å². The van der Waals surface area contributed by atoms with Crippen LogP contribution in [0.5, 0.6) is 0 Å². The van der Waals surface area contributed by atoms with Crippen LogP contribution in [0.1, 0.15) is 0 Å². The summed E-state index contributed by atoms with van der Waals surface area (Å²) in [6, 6.07) is 0. The van der Waals surface area contributed by atoms with Gasteiger partial charge in [-0.25, -0.2) is 8.42 Å². The molecule has 2 atom stereocenters. The normalized spacial score (nSPS) is 28.7. The molecule has 0 spiro atoms. The SMILES string of the molecule is COC(=O)C1C=CC(S(C)(=O)=O)=CC1(Cl)CBr. The fourth-order valence-corrected chi connectivity index (χ4v) is 3.08. The number of carbonyl (C=O) groups is 1. The van der Waals surface area contributed by atoms with Crippen LogP contribution in [-0.2, 0) is 19.4 Å². The zero-order chi connectivity index (χ0) is 13.3. The van der Waals surface area contributed by atoms with Crippen LogP contribution in [0, 0.1) is 5.92 Å². The molecule has 96 valence electrons. The van der Waals surface area contributed by atoms with Crippen molar-refractivity contribution in [2.24, 2.45) is 5.92 Å². The van der Waals surface area contributed by atoms with Gasteiger partial charge < -0.3 is 4.74 Å². The quantitative estimate of drug-likeness (QED) is 0.577. The Morgan fingerprint density at radius 3 is 2.65 bits per heavy atom. The summed E-state index contributed by atoms with van der Waals surface area (Å²) < 4.78 is 27.5. The van der Waals surface area contributed by atoms with E-state index in [2.05, 4.69) is 20.7 Å². The van der Waals surface area contributed by atoms with Gasteiger partial charge in [0.05, 0.1) is 22.8 Å². The Labute approximate surface area is 114 Å². The monoisotopic (exact) mass is 342 g/mol. The fourth-order valence-electron chi connectivity index (χ4n) is 1.48. The van der Waals surface area contributed by atoms with Crippen molar-refractivity contribution in [2.45, 2.75) is 4.87 Å². The summed E-state index contributed by atoms with van der Waals surface area (Å²) in [5.74, 6) is -1.21. The maximum Gasteiger partial charge on any atom is 0.314 e. The highest BCUT2D eigenvalue weighted by atomic mass is 79.9. The Balaban J connectivity index is 3.21. The molecule has 0 N–H and O–H groups in total. The molecule has 0 saturated heterocycles. The molecule has 17 heavy (non-hydrogen) atoms. The predicted molar refractivity (Wildman–Crippen MR) is 70.0 cm³/mol. The molecule has 7 heteroatoms. The number of allylic oxidation sites excluding steroid dienone is 2. The van der Waals surface area contributed by atoms with Gasteiger partial charge in [-0.3, -0.25) is 4.79 Å². The molecule has 0 radical (unpaired) electrons. The molecule has 0 aromatic heterocycles. The Hall–Kier alpha value is -0.330. The number of alkyl halides is 2. The molecular weight excluding hydrogens is 332 g/mol. The van der Waals surface area contributed by atoms with Crippen molar-refractivity contribution in [1.82, 2.24) is 0 Å². The summed E-state index contributed by atoms with van der Waals surface area (Å²) >= 11 is 9.45. The second-order valence-electron chi connectivity index (χ2n) is 3.74. The number of carbonyl (C=O) groups excluding carboxylic acids is 1. The lowest BCUT2D eigenvalue weighted by molar-refractivity contribution is -0.144. The van der Waals surface area contributed by atoms with Gasteiger partial charge in [0.25, 0.3) is 0 Å². The summed E-state index contributed by atoms with van der Waals surface area (Å²) in [6.45, 7) is 0. The minimum absolute atomic E-state index is 0.104. The van der Waals surface area contributed by atoms with Crippen LogP contribution >= 0.6 is 27.5 Å². The van der Waals surface area contributed by atoms with E-state index < -0.39 is 26.6 Å². The lowest BCUT2D eigenvalue weighted by atomic mass is 9.89. The number of ether oxygens (including phenoxy) is 1. The third kappa shape index (κ3) is 3.11. The molecule has 0 amide bonds. The Kier molecular flexibility index (Phi) is 4.43. The molecule has 1 aliphatic carbocycles. The van der Waals surface area contributed by atoms with Gasteiger partial charge in [-0.2, -0.15) is 0 Å². The summed E-state index contributed by atoms with van der Waals surface area (Å²) in [5.41, 5.74) is 0. The highest BCUT2D eigenvalue weighted by molar-refractivity contribution is 9.09. The van der Waals surface area contributed by atoms with Crippen molar-refractivity contribution in [1.29, 1.82) is 0 Å². The van der Waals surface area contributed by atoms with E-state index in [9.17, 15) is 13.2 Å². The van der Waals surface area contributed by atoms with E-state index in [1.807, 2.05) is 0 Å². The topological polar surface area (TPSA) is 60.4 Å². The van der Waals surface area contributed by atoms with E-state index >= 15 is 0 Å². The number of hydrogen-bond acceptors (Lipinski definition) is 4. The predicted octanol–water partition coefficient (Wildman–Crippen LogP) is 1.65. The second kappa shape index (κ2) is 5.12. The van der Waals surface area contributed by atoms with Gasteiger partial charge >= 0.3 is 5.97 Å². The molecule has 4 nitrogen and oxygen atoms in total. The number of sulfone groups is 1. The van der Waals surface area contributed by atoms with Gasteiger partial charge in [0.1, 0.15) is 0 Å². The van der Waals surface area contributed by atoms with Gasteiger partial charge in [0, 0.05) is 11.6 Å². The van der Waals surface area contributed by atoms with E-state index in [4.69, 9.17) is 11.6 Å². The summed E-state index contributed by atoms with van der Waals surface area (Å²) in [5, 5.41) is 0.241. The molecule has 0 saturated carbocycles. The number of esters is 1. The van der Waals surface area contributed by atoms with Gasteiger partial charge in [-0.1, -0.05) is 22.0 Å². The van der Waals surface area contributed by atoms with Crippen molar-refractivity contribution >= 4 is 43.3 Å². The maximum atomic E-state index is 11.5. The van der Waals surface area contributed by atoms with E-state index in [-0.39, 0.29) is 10.2 Å². The average molecular weight is 344 g/mol. The minimum Gasteiger partial charge on any atom is -0.469 e. The summed E-state index contributed by atoms with van der Waals surface area (Å²) in [6.07, 6.45) is 5.30. The van der Waals surface area contributed by atoms with Gasteiger partial charge in [-0.15, -0.1) is 11.6 Å². The van der Waals surface area contributed by atoms with E-state index in [1.54, 1.807) is 0 Å². The van der Waals surface area contributed by atoms with Crippen molar-refractivity contribution in [3.63, 3.8) is 0 Å².